The van der Waals surface area contributed by atoms with Gasteiger partial charge in [0.1, 0.15) is 0 Å². The molecule has 0 radical (unpaired) electrons. The molecule has 21 heavy (non-hydrogen) atoms. The van der Waals surface area contributed by atoms with Gasteiger partial charge in [0.25, 0.3) is 0 Å². The van der Waals surface area contributed by atoms with Crippen LogP contribution >= 0.6 is 31.9 Å². The molecule has 1 aromatic rings. The van der Waals surface area contributed by atoms with Crippen molar-refractivity contribution in [3.8, 4) is 0 Å². The highest BCUT2D eigenvalue weighted by atomic mass is 79.9. The number of carboxylic acid groups (broad SMARTS) is 1. The molecular formula is C13H17Br2NO4S. The van der Waals surface area contributed by atoms with Crippen LogP contribution < -0.4 is 4.72 Å². The van der Waals surface area contributed by atoms with Gasteiger partial charge in [-0.05, 0) is 52.9 Å². The molecule has 118 valence electrons. The van der Waals surface area contributed by atoms with Crippen molar-refractivity contribution < 1.29 is 18.3 Å². The summed E-state index contributed by atoms with van der Waals surface area (Å²) in [4.78, 5) is 10.7. The largest absolute Gasteiger partial charge is 0.481 e. The summed E-state index contributed by atoms with van der Waals surface area (Å²) in [6.45, 7) is 2.19. The van der Waals surface area contributed by atoms with Gasteiger partial charge in [0, 0.05) is 21.9 Å². The molecule has 1 atom stereocenters. The van der Waals surface area contributed by atoms with Gasteiger partial charge in [0.05, 0.1) is 4.90 Å². The van der Waals surface area contributed by atoms with Crippen molar-refractivity contribution in [1.29, 1.82) is 0 Å². The van der Waals surface area contributed by atoms with Gasteiger partial charge in [-0.15, -0.1) is 0 Å². The van der Waals surface area contributed by atoms with Gasteiger partial charge >= 0.3 is 5.97 Å². The molecule has 1 rings (SSSR count). The molecule has 0 spiro atoms. The van der Waals surface area contributed by atoms with Crippen LogP contribution in [0.2, 0.25) is 0 Å². The van der Waals surface area contributed by atoms with Crippen molar-refractivity contribution in [2.75, 3.05) is 6.54 Å². The van der Waals surface area contributed by atoms with Crippen molar-refractivity contribution in [2.24, 2.45) is 5.92 Å². The standard InChI is InChI=1S/C13H17Br2NO4S/c1-9(2-5-13(17)18)6-7-16-21(19,20)12-4-3-10(14)8-11(12)15/h3-4,8-9,16H,2,5-7H2,1H3,(H,17,18). The maximum atomic E-state index is 12.2. The third-order valence-corrected chi connectivity index (χ3v) is 5.89. The second kappa shape index (κ2) is 8.26. The van der Waals surface area contributed by atoms with Crippen LogP contribution in [0.15, 0.2) is 32.0 Å². The van der Waals surface area contributed by atoms with Crippen LogP contribution in [0, 0.1) is 5.92 Å². The predicted octanol–water partition coefficient (Wildman–Crippen LogP) is 3.38. The van der Waals surface area contributed by atoms with E-state index in [0.29, 0.717) is 17.3 Å². The summed E-state index contributed by atoms with van der Waals surface area (Å²) in [6.07, 6.45) is 1.24. The Morgan fingerprint density at radius 3 is 2.57 bits per heavy atom. The molecule has 0 amide bonds. The third kappa shape index (κ3) is 6.46. The molecule has 2 N–H and O–H groups in total. The zero-order valence-electron chi connectivity index (χ0n) is 11.5. The Morgan fingerprint density at radius 2 is 2.00 bits per heavy atom. The minimum Gasteiger partial charge on any atom is -0.481 e. The molecule has 0 bridgehead atoms. The third-order valence-electron chi connectivity index (χ3n) is 2.96. The van der Waals surface area contributed by atoms with Gasteiger partial charge in [-0.3, -0.25) is 4.79 Å². The lowest BCUT2D eigenvalue weighted by molar-refractivity contribution is -0.137. The summed E-state index contributed by atoms with van der Waals surface area (Å²) in [6, 6.07) is 4.85. The number of hydrogen-bond donors (Lipinski definition) is 2. The second-order valence-electron chi connectivity index (χ2n) is 4.80. The minimum atomic E-state index is -3.57. The van der Waals surface area contributed by atoms with Gasteiger partial charge < -0.3 is 5.11 Å². The van der Waals surface area contributed by atoms with Crippen LogP contribution in [-0.2, 0) is 14.8 Å². The van der Waals surface area contributed by atoms with Gasteiger partial charge in [0.15, 0.2) is 0 Å². The zero-order chi connectivity index (χ0) is 16.0. The first-order chi connectivity index (χ1) is 9.72. The normalized spacial score (nSPS) is 13.1. The number of carbonyl (C=O) groups is 1. The molecule has 0 saturated carbocycles. The topological polar surface area (TPSA) is 83.5 Å². The Hall–Kier alpha value is -0.440. The van der Waals surface area contributed by atoms with Crippen molar-refractivity contribution in [2.45, 2.75) is 31.1 Å². The molecule has 0 aliphatic rings. The lowest BCUT2D eigenvalue weighted by Gasteiger charge is -2.12. The Bertz CT molecular complexity index is 604. The molecule has 0 saturated heterocycles. The van der Waals surface area contributed by atoms with E-state index in [1.807, 2.05) is 6.92 Å². The summed E-state index contributed by atoms with van der Waals surface area (Å²) in [5.41, 5.74) is 0. The number of halogens is 2. The fraction of sp³-hybridized carbons (Fsp3) is 0.462. The maximum Gasteiger partial charge on any atom is 0.303 e. The first-order valence-electron chi connectivity index (χ1n) is 6.39. The average Bonchev–Trinajstić information content (AvgIpc) is 2.35. The highest BCUT2D eigenvalue weighted by Gasteiger charge is 2.17. The van der Waals surface area contributed by atoms with E-state index in [-0.39, 0.29) is 23.8 Å². The summed E-state index contributed by atoms with van der Waals surface area (Å²) in [5, 5.41) is 8.60. The van der Waals surface area contributed by atoms with E-state index >= 15 is 0 Å². The molecule has 0 aliphatic heterocycles. The summed E-state index contributed by atoms with van der Waals surface area (Å²) in [5.74, 6) is -0.682. The highest BCUT2D eigenvalue weighted by molar-refractivity contribution is 9.11. The number of aliphatic carboxylic acids is 1. The number of rotatable bonds is 8. The number of hydrogen-bond acceptors (Lipinski definition) is 3. The van der Waals surface area contributed by atoms with Crippen LogP contribution in [0.25, 0.3) is 0 Å². The monoisotopic (exact) mass is 441 g/mol. The van der Waals surface area contributed by atoms with Crippen LogP contribution in [-0.4, -0.2) is 26.0 Å². The molecule has 0 aliphatic carbocycles. The first-order valence-corrected chi connectivity index (χ1v) is 9.46. The quantitative estimate of drug-likeness (QED) is 0.646. The minimum absolute atomic E-state index is 0.103. The Balaban J connectivity index is 2.55. The fourth-order valence-corrected chi connectivity index (χ4v) is 4.52. The molecular weight excluding hydrogens is 426 g/mol. The number of sulfonamides is 1. The lowest BCUT2D eigenvalue weighted by Crippen LogP contribution is -2.26. The lowest BCUT2D eigenvalue weighted by atomic mass is 10.0. The fourth-order valence-electron chi connectivity index (χ4n) is 1.72. The van der Waals surface area contributed by atoms with Crippen molar-refractivity contribution in [1.82, 2.24) is 4.72 Å². The number of nitrogens with one attached hydrogen (secondary N) is 1. The molecule has 0 fully saturated rings. The van der Waals surface area contributed by atoms with E-state index in [9.17, 15) is 13.2 Å². The first kappa shape index (κ1) is 18.6. The van der Waals surface area contributed by atoms with Crippen molar-refractivity contribution in [3.63, 3.8) is 0 Å². The van der Waals surface area contributed by atoms with E-state index in [2.05, 4.69) is 36.6 Å². The van der Waals surface area contributed by atoms with Gasteiger partial charge in [-0.2, -0.15) is 0 Å². The van der Waals surface area contributed by atoms with Crippen LogP contribution in [0.5, 0.6) is 0 Å². The smallest absolute Gasteiger partial charge is 0.303 e. The number of carboxylic acids is 1. The second-order valence-corrected chi connectivity index (χ2v) is 8.30. The molecule has 0 aromatic heterocycles. The Morgan fingerprint density at radius 1 is 1.33 bits per heavy atom. The van der Waals surface area contributed by atoms with Crippen molar-refractivity contribution in [3.05, 3.63) is 27.1 Å². The summed E-state index contributed by atoms with van der Waals surface area (Å²) in [7, 11) is -3.57. The van der Waals surface area contributed by atoms with Crippen LogP contribution in [0.4, 0.5) is 0 Å². The predicted molar refractivity (Wildman–Crippen MR) is 87.7 cm³/mol. The summed E-state index contributed by atoms with van der Waals surface area (Å²) >= 11 is 6.50. The van der Waals surface area contributed by atoms with Gasteiger partial charge in [-0.25, -0.2) is 13.1 Å². The molecule has 1 unspecified atom stereocenters. The van der Waals surface area contributed by atoms with Crippen LogP contribution in [0.3, 0.4) is 0 Å². The SMILES string of the molecule is CC(CCNS(=O)(=O)c1ccc(Br)cc1Br)CCC(=O)O. The summed E-state index contributed by atoms with van der Waals surface area (Å²) < 4.78 is 28.1. The van der Waals surface area contributed by atoms with Crippen LogP contribution in [0.1, 0.15) is 26.2 Å². The Labute approximate surface area is 141 Å². The van der Waals surface area contributed by atoms with E-state index in [1.165, 1.54) is 6.07 Å². The average molecular weight is 443 g/mol. The Kier molecular flexibility index (Phi) is 7.32. The van der Waals surface area contributed by atoms with Gasteiger partial charge in [-0.1, -0.05) is 22.9 Å². The van der Waals surface area contributed by atoms with E-state index in [1.54, 1.807) is 12.1 Å². The highest BCUT2D eigenvalue weighted by Crippen LogP contribution is 2.25. The molecule has 1 aromatic carbocycles. The maximum absolute atomic E-state index is 12.2. The number of benzene rings is 1. The molecule has 5 nitrogen and oxygen atoms in total. The molecule has 8 heteroatoms. The van der Waals surface area contributed by atoms with Gasteiger partial charge in [0.2, 0.25) is 10.0 Å². The van der Waals surface area contributed by atoms with E-state index < -0.39 is 16.0 Å². The molecule has 0 heterocycles. The zero-order valence-corrected chi connectivity index (χ0v) is 15.5. The van der Waals surface area contributed by atoms with E-state index in [0.717, 1.165) is 4.47 Å². The van der Waals surface area contributed by atoms with Crippen molar-refractivity contribution >= 4 is 47.9 Å². The van der Waals surface area contributed by atoms with E-state index in [4.69, 9.17) is 5.11 Å².